The average molecular weight is 391 g/mol. The number of hydrogen-bond acceptors (Lipinski definition) is 3. The van der Waals surface area contributed by atoms with Crippen LogP contribution in [0.5, 0.6) is 5.75 Å². The Morgan fingerprint density at radius 3 is 1.87 bits per heavy atom. The van der Waals surface area contributed by atoms with Gasteiger partial charge < -0.3 is 5.11 Å². The highest BCUT2D eigenvalue weighted by molar-refractivity contribution is 5.73. The van der Waals surface area contributed by atoms with Crippen LogP contribution in [0.2, 0.25) is 0 Å². The van der Waals surface area contributed by atoms with Crippen LogP contribution in [-0.2, 0) is 12.8 Å². The molecule has 4 aromatic carbocycles. The first-order valence-electron chi connectivity index (χ1n) is 10.0. The van der Waals surface area contributed by atoms with Crippen LogP contribution in [0.3, 0.4) is 0 Å². The molecule has 1 N–H and O–H groups in total. The minimum absolute atomic E-state index is 0.370. The van der Waals surface area contributed by atoms with Crippen LogP contribution < -0.4 is 0 Å². The maximum atomic E-state index is 10.9. The first kappa shape index (κ1) is 18.1. The van der Waals surface area contributed by atoms with Crippen molar-refractivity contribution in [3.05, 3.63) is 119 Å². The van der Waals surface area contributed by atoms with Crippen molar-refractivity contribution in [2.75, 3.05) is 0 Å². The highest BCUT2D eigenvalue weighted by Crippen LogP contribution is 2.27. The smallest absolute Gasteiger partial charge is 0.122 e. The van der Waals surface area contributed by atoms with E-state index in [4.69, 9.17) is 0 Å². The van der Waals surface area contributed by atoms with E-state index in [0.717, 1.165) is 33.4 Å². The number of nitrogens with zero attached hydrogens (tertiary/aromatic N) is 3. The molecule has 0 atom stereocenters. The van der Waals surface area contributed by atoms with E-state index >= 15 is 0 Å². The Bertz CT molecular complexity index is 1280. The summed E-state index contributed by atoms with van der Waals surface area (Å²) in [4.78, 5) is 1.67. The number of fused-ring (bicyclic) bond motifs is 1. The molecule has 1 aromatic heterocycles. The van der Waals surface area contributed by atoms with Crippen LogP contribution in [0.25, 0.3) is 16.7 Å². The van der Waals surface area contributed by atoms with Gasteiger partial charge in [-0.2, -0.15) is 4.80 Å². The third kappa shape index (κ3) is 3.67. The molecule has 0 saturated carbocycles. The topological polar surface area (TPSA) is 50.9 Å². The zero-order valence-corrected chi connectivity index (χ0v) is 16.4. The van der Waals surface area contributed by atoms with Gasteiger partial charge in [-0.15, -0.1) is 10.2 Å². The van der Waals surface area contributed by atoms with Gasteiger partial charge in [0.25, 0.3) is 0 Å². The zero-order chi connectivity index (χ0) is 20.3. The summed E-state index contributed by atoms with van der Waals surface area (Å²) in [5, 5.41) is 20.0. The highest BCUT2D eigenvalue weighted by Gasteiger charge is 2.10. The Balaban J connectivity index is 1.42. The molecule has 30 heavy (non-hydrogen) atoms. The SMILES string of the molecule is Oc1c(Cc2ccccc2)cccc1Cc1cccc(-n2nc3ccccc3n2)c1. The van der Waals surface area contributed by atoms with Crippen LogP contribution >= 0.6 is 0 Å². The minimum atomic E-state index is 0.370. The number of rotatable bonds is 5. The lowest BCUT2D eigenvalue weighted by atomic mass is 9.97. The molecule has 0 aliphatic carbocycles. The Labute approximate surface area is 175 Å². The molecule has 0 saturated heterocycles. The normalized spacial score (nSPS) is 11.1. The monoisotopic (exact) mass is 391 g/mol. The largest absolute Gasteiger partial charge is 0.507 e. The molecule has 4 heteroatoms. The molecule has 0 fully saturated rings. The molecule has 0 radical (unpaired) electrons. The molecule has 5 rings (SSSR count). The van der Waals surface area contributed by atoms with Crippen LogP contribution in [0.15, 0.2) is 97.1 Å². The van der Waals surface area contributed by atoms with Gasteiger partial charge in [-0.05, 0) is 46.5 Å². The summed E-state index contributed by atoms with van der Waals surface area (Å²) in [6, 6.07) is 32.2. The predicted molar refractivity (Wildman–Crippen MR) is 119 cm³/mol. The molecular formula is C26H21N3O. The Morgan fingerprint density at radius 2 is 1.17 bits per heavy atom. The third-order valence-corrected chi connectivity index (χ3v) is 5.26. The van der Waals surface area contributed by atoms with Crippen LogP contribution in [0, 0.1) is 0 Å². The second-order valence-corrected chi connectivity index (χ2v) is 7.41. The second kappa shape index (κ2) is 7.84. The molecule has 0 aliphatic heterocycles. The van der Waals surface area contributed by atoms with Gasteiger partial charge in [0.1, 0.15) is 16.8 Å². The lowest BCUT2D eigenvalue weighted by molar-refractivity contribution is 0.463. The van der Waals surface area contributed by atoms with E-state index in [1.165, 1.54) is 5.56 Å². The Morgan fingerprint density at radius 1 is 0.600 bits per heavy atom. The average Bonchev–Trinajstić information content (AvgIpc) is 3.22. The summed E-state index contributed by atoms with van der Waals surface area (Å²) >= 11 is 0. The second-order valence-electron chi connectivity index (χ2n) is 7.41. The van der Waals surface area contributed by atoms with Crippen molar-refractivity contribution < 1.29 is 5.11 Å². The van der Waals surface area contributed by atoms with Crippen LogP contribution in [0.4, 0.5) is 0 Å². The van der Waals surface area contributed by atoms with Crippen molar-refractivity contribution >= 4 is 11.0 Å². The molecule has 0 unspecified atom stereocenters. The molecule has 5 aromatic rings. The number of hydrogen-bond donors (Lipinski definition) is 1. The summed E-state index contributed by atoms with van der Waals surface area (Å²) in [6.07, 6.45) is 1.35. The number of aromatic nitrogens is 3. The van der Waals surface area contributed by atoms with Crippen molar-refractivity contribution in [1.29, 1.82) is 0 Å². The lowest BCUT2D eigenvalue weighted by Crippen LogP contribution is -2.00. The van der Waals surface area contributed by atoms with Crippen molar-refractivity contribution in [2.45, 2.75) is 12.8 Å². The first-order valence-corrected chi connectivity index (χ1v) is 10.0. The van der Waals surface area contributed by atoms with Gasteiger partial charge in [-0.3, -0.25) is 0 Å². The Kier molecular flexibility index (Phi) is 4.74. The fourth-order valence-electron chi connectivity index (χ4n) is 3.73. The van der Waals surface area contributed by atoms with Crippen molar-refractivity contribution in [1.82, 2.24) is 15.0 Å². The number of para-hydroxylation sites is 1. The standard InChI is InChI=1S/C26H21N3O/c30-26-21(16-19-8-2-1-3-9-19)11-7-12-22(26)17-20-10-6-13-23(18-20)29-27-24-14-4-5-15-25(24)28-29/h1-15,18,30H,16-17H2. The lowest BCUT2D eigenvalue weighted by Gasteiger charge is -2.11. The van der Waals surface area contributed by atoms with Crippen molar-refractivity contribution in [3.8, 4) is 11.4 Å². The summed E-state index contributed by atoms with van der Waals surface area (Å²) in [5.74, 6) is 0.370. The van der Waals surface area contributed by atoms with Gasteiger partial charge in [-0.1, -0.05) is 72.8 Å². The third-order valence-electron chi connectivity index (χ3n) is 5.26. The van der Waals surface area contributed by atoms with E-state index in [-0.39, 0.29) is 0 Å². The van der Waals surface area contributed by atoms with Gasteiger partial charge in [0, 0.05) is 12.8 Å². The van der Waals surface area contributed by atoms with Gasteiger partial charge >= 0.3 is 0 Å². The van der Waals surface area contributed by atoms with Gasteiger partial charge in [0.2, 0.25) is 0 Å². The van der Waals surface area contributed by atoms with E-state index < -0.39 is 0 Å². The van der Waals surface area contributed by atoms with Gasteiger partial charge in [0.15, 0.2) is 0 Å². The summed E-state index contributed by atoms with van der Waals surface area (Å²) in [5.41, 5.74) is 6.78. The van der Waals surface area contributed by atoms with Crippen LogP contribution in [-0.4, -0.2) is 20.1 Å². The molecule has 0 bridgehead atoms. The molecule has 146 valence electrons. The molecule has 0 spiro atoms. The van der Waals surface area contributed by atoms with E-state index in [1.807, 2.05) is 72.8 Å². The number of phenolic OH excluding ortho intramolecular Hbond substituents is 1. The number of benzene rings is 4. The highest BCUT2D eigenvalue weighted by atomic mass is 16.3. The zero-order valence-electron chi connectivity index (χ0n) is 16.4. The van der Waals surface area contributed by atoms with Gasteiger partial charge in [0.05, 0.1) is 5.69 Å². The van der Waals surface area contributed by atoms with E-state index in [9.17, 15) is 5.11 Å². The summed E-state index contributed by atoms with van der Waals surface area (Å²) in [6.45, 7) is 0. The van der Waals surface area contributed by atoms with E-state index in [1.54, 1.807) is 4.80 Å². The maximum absolute atomic E-state index is 10.9. The molecule has 4 nitrogen and oxygen atoms in total. The van der Waals surface area contributed by atoms with Crippen molar-refractivity contribution in [3.63, 3.8) is 0 Å². The van der Waals surface area contributed by atoms with Gasteiger partial charge in [-0.25, -0.2) is 0 Å². The van der Waals surface area contributed by atoms with Crippen LogP contribution in [0.1, 0.15) is 22.3 Å². The molecule has 1 heterocycles. The van der Waals surface area contributed by atoms with E-state index in [2.05, 4.69) is 34.5 Å². The molecular weight excluding hydrogens is 370 g/mol. The molecule has 0 aliphatic rings. The van der Waals surface area contributed by atoms with E-state index in [0.29, 0.717) is 18.6 Å². The quantitative estimate of drug-likeness (QED) is 0.442. The number of aromatic hydroxyl groups is 1. The van der Waals surface area contributed by atoms with Crippen molar-refractivity contribution in [2.24, 2.45) is 0 Å². The molecule has 0 amide bonds. The maximum Gasteiger partial charge on any atom is 0.122 e. The summed E-state index contributed by atoms with van der Waals surface area (Å²) < 4.78 is 0. The summed E-state index contributed by atoms with van der Waals surface area (Å²) in [7, 11) is 0. The number of phenols is 1. The predicted octanol–water partition coefficient (Wildman–Crippen LogP) is 5.31. The Hall–Kier alpha value is -3.92. The minimum Gasteiger partial charge on any atom is -0.507 e. The first-order chi connectivity index (χ1) is 14.8. The fraction of sp³-hybridized carbons (Fsp3) is 0.0769. The fourth-order valence-corrected chi connectivity index (χ4v) is 3.73.